The monoisotopic (exact) mass is 374 g/mol. The number of ether oxygens (including phenoxy) is 1. The molecule has 0 aliphatic heterocycles. The number of aliphatic hydroxyl groups excluding tert-OH is 1. The third-order valence-corrected chi connectivity index (χ3v) is 4.73. The fraction of sp³-hybridized carbons (Fsp3) is 0.182. The Balaban J connectivity index is 1.76. The maximum atomic E-state index is 9.67. The first-order chi connectivity index (χ1) is 13.7. The van der Waals surface area contributed by atoms with Gasteiger partial charge in [0.15, 0.2) is 5.65 Å². The molecule has 6 nitrogen and oxygen atoms in total. The number of hydrogen-bond acceptors (Lipinski definition) is 5. The van der Waals surface area contributed by atoms with Crippen molar-refractivity contribution in [2.75, 3.05) is 12.4 Å². The van der Waals surface area contributed by atoms with E-state index in [1.54, 1.807) is 19.5 Å². The summed E-state index contributed by atoms with van der Waals surface area (Å²) in [4.78, 5) is 8.93. The van der Waals surface area contributed by atoms with E-state index in [9.17, 15) is 5.11 Å². The highest BCUT2D eigenvalue weighted by atomic mass is 16.5. The van der Waals surface area contributed by atoms with Crippen molar-refractivity contribution in [2.24, 2.45) is 0 Å². The summed E-state index contributed by atoms with van der Waals surface area (Å²) in [5.41, 5.74) is 5.61. The van der Waals surface area contributed by atoms with Crippen LogP contribution in [0.25, 0.3) is 16.9 Å². The molecule has 0 saturated carbocycles. The minimum atomic E-state index is -0.0991. The van der Waals surface area contributed by atoms with Gasteiger partial charge in [0, 0.05) is 30.1 Å². The SMILES string of the molecule is COc1ccc(-c2nc3cnccn3c2NCc2ccc(C)cc2)cc1CO. The molecule has 0 spiro atoms. The molecular weight excluding hydrogens is 352 g/mol. The maximum absolute atomic E-state index is 9.67. The summed E-state index contributed by atoms with van der Waals surface area (Å²) in [5.74, 6) is 1.54. The van der Waals surface area contributed by atoms with E-state index < -0.39 is 0 Å². The summed E-state index contributed by atoms with van der Waals surface area (Å²) in [7, 11) is 1.60. The van der Waals surface area contributed by atoms with Gasteiger partial charge >= 0.3 is 0 Å². The lowest BCUT2D eigenvalue weighted by molar-refractivity contribution is 0.274. The summed E-state index contributed by atoms with van der Waals surface area (Å²) in [6.45, 7) is 2.65. The molecule has 28 heavy (non-hydrogen) atoms. The van der Waals surface area contributed by atoms with Crippen molar-refractivity contribution in [3.63, 3.8) is 0 Å². The molecule has 2 N–H and O–H groups in total. The number of fused-ring (bicyclic) bond motifs is 1. The molecule has 0 aliphatic rings. The van der Waals surface area contributed by atoms with Gasteiger partial charge in [0.1, 0.15) is 17.3 Å². The molecule has 0 bridgehead atoms. The molecule has 4 aromatic rings. The van der Waals surface area contributed by atoms with Crippen LogP contribution in [0, 0.1) is 6.92 Å². The van der Waals surface area contributed by atoms with Crippen molar-refractivity contribution >= 4 is 11.5 Å². The van der Waals surface area contributed by atoms with Gasteiger partial charge in [-0.05, 0) is 30.7 Å². The van der Waals surface area contributed by atoms with E-state index >= 15 is 0 Å². The summed E-state index contributed by atoms with van der Waals surface area (Å²) in [6.07, 6.45) is 5.36. The van der Waals surface area contributed by atoms with Crippen molar-refractivity contribution in [1.82, 2.24) is 14.4 Å². The normalized spacial score (nSPS) is 11.0. The molecule has 0 saturated heterocycles. The zero-order valence-electron chi connectivity index (χ0n) is 15.9. The summed E-state index contributed by atoms with van der Waals surface area (Å²) >= 11 is 0. The zero-order chi connectivity index (χ0) is 19.5. The van der Waals surface area contributed by atoms with Gasteiger partial charge in [-0.3, -0.25) is 9.38 Å². The summed E-state index contributed by atoms with van der Waals surface area (Å²) in [5, 5.41) is 13.2. The van der Waals surface area contributed by atoms with E-state index in [2.05, 4.69) is 41.5 Å². The molecule has 0 unspecified atom stereocenters. The number of benzene rings is 2. The minimum absolute atomic E-state index is 0.0991. The van der Waals surface area contributed by atoms with E-state index in [0.29, 0.717) is 12.3 Å². The molecule has 2 aromatic carbocycles. The van der Waals surface area contributed by atoms with Crippen LogP contribution in [0.1, 0.15) is 16.7 Å². The van der Waals surface area contributed by atoms with Crippen molar-refractivity contribution in [2.45, 2.75) is 20.1 Å². The fourth-order valence-corrected chi connectivity index (χ4v) is 3.22. The minimum Gasteiger partial charge on any atom is -0.496 e. The lowest BCUT2D eigenvalue weighted by Crippen LogP contribution is -2.03. The van der Waals surface area contributed by atoms with Gasteiger partial charge in [0.25, 0.3) is 0 Å². The second-order valence-corrected chi connectivity index (χ2v) is 6.64. The fourth-order valence-electron chi connectivity index (χ4n) is 3.22. The molecule has 6 heteroatoms. The standard InChI is InChI=1S/C22H22N4O2/c1-15-3-5-16(6-4-15)12-24-22-21(25-20-13-23-9-10-26(20)22)17-7-8-19(28-2)18(11-17)14-27/h3-11,13,24,27H,12,14H2,1-2H3. The number of hydrogen-bond donors (Lipinski definition) is 2. The van der Waals surface area contributed by atoms with Crippen LogP contribution >= 0.6 is 0 Å². The van der Waals surface area contributed by atoms with Gasteiger partial charge in [-0.2, -0.15) is 0 Å². The van der Waals surface area contributed by atoms with Crippen LogP contribution in [-0.4, -0.2) is 26.6 Å². The number of methoxy groups -OCH3 is 1. The third-order valence-electron chi connectivity index (χ3n) is 4.73. The number of aryl methyl sites for hydroxylation is 1. The maximum Gasteiger partial charge on any atom is 0.157 e. The van der Waals surface area contributed by atoms with Gasteiger partial charge < -0.3 is 15.2 Å². The van der Waals surface area contributed by atoms with Crippen molar-refractivity contribution < 1.29 is 9.84 Å². The van der Waals surface area contributed by atoms with E-state index in [0.717, 1.165) is 28.3 Å². The van der Waals surface area contributed by atoms with Crippen LogP contribution < -0.4 is 10.1 Å². The second-order valence-electron chi connectivity index (χ2n) is 6.64. The Morgan fingerprint density at radius 2 is 1.96 bits per heavy atom. The molecule has 0 atom stereocenters. The van der Waals surface area contributed by atoms with Crippen LogP contribution in [0.2, 0.25) is 0 Å². The first-order valence-electron chi connectivity index (χ1n) is 9.09. The highest BCUT2D eigenvalue weighted by Crippen LogP contribution is 2.32. The molecule has 2 heterocycles. The van der Waals surface area contributed by atoms with E-state index in [1.807, 2.05) is 28.8 Å². The molecule has 0 aliphatic carbocycles. The van der Waals surface area contributed by atoms with Gasteiger partial charge in [0.05, 0.1) is 19.9 Å². The van der Waals surface area contributed by atoms with Crippen LogP contribution in [-0.2, 0) is 13.2 Å². The van der Waals surface area contributed by atoms with Crippen LogP contribution in [0.3, 0.4) is 0 Å². The zero-order valence-corrected chi connectivity index (χ0v) is 15.9. The Morgan fingerprint density at radius 3 is 2.71 bits per heavy atom. The number of nitrogens with one attached hydrogen (secondary N) is 1. The number of nitrogens with zero attached hydrogens (tertiary/aromatic N) is 3. The highest BCUT2D eigenvalue weighted by molar-refractivity contribution is 5.77. The Labute approximate surface area is 163 Å². The molecule has 0 amide bonds. The number of anilines is 1. The van der Waals surface area contributed by atoms with Crippen LogP contribution in [0.5, 0.6) is 5.75 Å². The van der Waals surface area contributed by atoms with Crippen LogP contribution in [0.4, 0.5) is 5.82 Å². The first-order valence-corrected chi connectivity index (χ1v) is 9.09. The predicted molar refractivity (Wildman–Crippen MR) is 109 cm³/mol. The van der Waals surface area contributed by atoms with E-state index in [-0.39, 0.29) is 6.61 Å². The highest BCUT2D eigenvalue weighted by Gasteiger charge is 2.15. The molecule has 0 radical (unpaired) electrons. The lowest BCUT2D eigenvalue weighted by atomic mass is 10.1. The van der Waals surface area contributed by atoms with Gasteiger partial charge in [-0.25, -0.2) is 4.98 Å². The Bertz CT molecular complexity index is 1100. The average molecular weight is 374 g/mol. The molecule has 2 aromatic heterocycles. The number of imidazole rings is 1. The van der Waals surface area contributed by atoms with Gasteiger partial charge in [-0.1, -0.05) is 29.8 Å². The van der Waals surface area contributed by atoms with Crippen molar-refractivity contribution in [3.8, 4) is 17.0 Å². The molecule has 4 rings (SSSR count). The smallest absolute Gasteiger partial charge is 0.157 e. The van der Waals surface area contributed by atoms with Crippen LogP contribution in [0.15, 0.2) is 61.1 Å². The Kier molecular flexibility index (Phi) is 4.95. The molecular formula is C22H22N4O2. The first kappa shape index (κ1) is 18.0. The topological polar surface area (TPSA) is 71.7 Å². The van der Waals surface area contributed by atoms with Crippen molar-refractivity contribution in [3.05, 3.63) is 77.7 Å². The van der Waals surface area contributed by atoms with Gasteiger partial charge in [0.2, 0.25) is 0 Å². The Hall–Kier alpha value is -3.38. The summed E-state index contributed by atoms with van der Waals surface area (Å²) in [6, 6.07) is 14.1. The largest absolute Gasteiger partial charge is 0.496 e. The molecule has 0 fully saturated rings. The second kappa shape index (κ2) is 7.70. The van der Waals surface area contributed by atoms with Gasteiger partial charge in [-0.15, -0.1) is 0 Å². The Morgan fingerprint density at radius 1 is 1.14 bits per heavy atom. The predicted octanol–water partition coefficient (Wildman–Crippen LogP) is 3.82. The lowest BCUT2D eigenvalue weighted by Gasteiger charge is -2.11. The number of aromatic nitrogens is 3. The quantitative estimate of drug-likeness (QED) is 0.537. The summed E-state index contributed by atoms with van der Waals surface area (Å²) < 4.78 is 7.31. The van der Waals surface area contributed by atoms with Crippen molar-refractivity contribution in [1.29, 1.82) is 0 Å². The van der Waals surface area contributed by atoms with E-state index in [4.69, 9.17) is 9.72 Å². The molecule has 142 valence electrons. The number of rotatable bonds is 6. The number of aliphatic hydroxyl groups is 1. The average Bonchev–Trinajstić information content (AvgIpc) is 3.11. The third kappa shape index (κ3) is 3.42. The van der Waals surface area contributed by atoms with E-state index in [1.165, 1.54) is 11.1 Å².